The van der Waals surface area contributed by atoms with Crippen molar-refractivity contribution in [3.63, 3.8) is 0 Å². The quantitative estimate of drug-likeness (QED) is 0.417. The number of carbonyl (C=O) groups excluding carboxylic acids is 2. The van der Waals surface area contributed by atoms with Crippen molar-refractivity contribution >= 4 is 29.3 Å². The lowest BCUT2D eigenvalue weighted by Crippen LogP contribution is -2.44. The van der Waals surface area contributed by atoms with E-state index in [9.17, 15) is 9.59 Å². The fraction of sp³-hybridized carbons (Fsp3) is 0.286. The Morgan fingerprint density at radius 3 is 2.03 bits per heavy atom. The Labute approximate surface area is 220 Å². The number of methoxy groups -OCH3 is 4. The van der Waals surface area contributed by atoms with Gasteiger partial charge in [-0.05, 0) is 53.8 Å². The van der Waals surface area contributed by atoms with E-state index < -0.39 is 12.0 Å². The zero-order valence-corrected chi connectivity index (χ0v) is 22.5. The molecule has 3 aromatic rings. The number of ether oxygens (including phenoxy) is 4. The lowest BCUT2D eigenvalue weighted by Gasteiger charge is -2.40. The van der Waals surface area contributed by atoms with Gasteiger partial charge in [-0.15, -0.1) is 11.8 Å². The standard InChI is InChI=1S/C28H30N2O6S/c1-30-26(16-7-10-18(37-6)11-8-16)25(19-14-23(35-4)24(36-5)15-20(19)28(30)32)27(31)29-17-9-12-21(33-2)22(13-17)34-3/h7-15,25-26H,1-6H3,(H,29,31)/t25-,26+/m1/s1. The van der Waals surface area contributed by atoms with Crippen LogP contribution in [0.15, 0.2) is 59.5 Å². The molecule has 0 saturated heterocycles. The summed E-state index contributed by atoms with van der Waals surface area (Å²) >= 11 is 1.63. The third-order valence-corrected chi connectivity index (χ3v) is 7.31. The van der Waals surface area contributed by atoms with Crippen molar-refractivity contribution in [1.29, 1.82) is 0 Å². The largest absolute Gasteiger partial charge is 0.493 e. The second-order valence-electron chi connectivity index (χ2n) is 8.47. The summed E-state index contributed by atoms with van der Waals surface area (Å²) in [6.45, 7) is 0. The lowest BCUT2D eigenvalue weighted by molar-refractivity contribution is -0.119. The van der Waals surface area contributed by atoms with Crippen molar-refractivity contribution in [3.05, 3.63) is 71.3 Å². The van der Waals surface area contributed by atoms with Crippen LogP contribution in [0.4, 0.5) is 5.69 Å². The number of thioether (sulfide) groups is 1. The van der Waals surface area contributed by atoms with Gasteiger partial charge in [0.25, 0.3) is 5.91 Å². The predicted molar refractivity (Wildman–Crippen MR) is 144 cm³/mol. The van der Waals surface area contributed by atoms with Crippen molar-refractivity contribution < 1.29 is 28.5 Å². The van der Waals surface area contributed by atoms with Gasteiger partial charge in [-0.25, -0.2) is 0 Å². The summed E-state index contributed by atoms with van der Waals surface area (Å²) < 4.78 is 21.7. The molecule has 1 heterocycles. The molecule has 3 aromatic carbocycles. The minimum absolute atomic E-state index is 0.204. The lowest BCUT2D eigenvalue weighted by atomic mass is 9.79. The van der Waals surface area contributed by atoms with Crippen LogP contribution in [-0.2, 0) is 4.79 Å². The molecule has 0 aliphatic carbocycles. The summed E-state index contributed by atoms with van der Waals surface area (Å²) in [6.07, 6.45) is 2.00. The highest BCUT2D eigenvalue weighted by Gasteiger charge is 2.43. The van der Waals surface area contributed by atoms with Gasteiger partial charge in [0.1, 0.15) is 0 Å². The van der Waals surface area contributed by atoms with Gasteiger partial charge in [-0.2, -0.15) is 0 Å². The van der Waals surface area contributed by atoms with E-state index >= 15 is 0 Å². The summed E-state index contributed by atoms with van der Waals surface area (Å²) in [5.41, 5.74) is 2.35. The van der Waals surface area contributed by atoms with Gasteiger partial charge in [0.15, 0.2) is 23.0 Å². The molecule has 0 aromatic heterocycles. The van der Waals surface area contributed by atoms with Crippen molar-refractivity contribution in [2.75, 3.05) is 47.1 Å². The van der Waals surface area contributed by atoms with Crippen molar-refractivity contribution in [3.8, 4) is 23.0 Å². The first-order valence-corrected chi connectivity index (χ1v) is 12.8. The molecular weight excluding hydrogens is 492 g/mol. The number of nitrogens with one attached hydrogen (secondary N) is 1. The molecule has 0 saturated carbocycles. The Morgan fingerprint density at radius 2 is 1.43 bits per heavy atom. The van der Waals surface area contributed by atoms with Gasteiger partial charge in [-0.3, -0.25) is 9.59 Å². The number of carbonyl (C=O) groups is 2. The van der Waals surface area contributed by atoms with E-state index in [0.29, 0.717) is 39.8 Å². The highest BCUT2D eigenvalue weighted by molar-refractivity contribution is 7.98. The predicted octanol–water partition coefficient (Wildman–Crippen LogP) is 4.99. The molecule has 1 aliphatic heterocycles. The van der Waals surface area contributed by atoms with E-state index in [-0.39, 0.29) is 11.8 Å². The molecule has 0 unspecified atom stereocenters. The molecule has 2 amide bonds. The maximum absolute atomic E-state index is 14.0. The van der Waals surface area contributed by atoms with Crippen LogP contribution >= 0.6 is 11.8 Å². The van der Waals surface area contributed by atoms with E-state index in [4.69, 9.17) is 18.9 Å². The van der Waals surface area contributed by atoms with E-state index in [1.165, 1.54) is 21.3 Å². The second-order valence-corrected chi connectivity index (χ2v) is 9.34. The third-order valence-electron chi connectivity index (χ3n) is 6.57. The molecule has 194 valence electrons. The average Bonchev–Trinajstić information content (AvgIpc) is 2.93. The molecular formula is C28H30N2O6S. The van der Waals surface area contributed by atoms with E-state index in [1.54, 1.807) is 61.2 Å². The number of anilines is 1. The Kier molecular flexibility index (Phi) is 7.83. The molecule has 0 radical (unpaired) electrons. The van der Waals surface area contributed by atoms with Gasteiger partial charge in [0.05, 0.1) is 40.4 Å². The normalized spacial score (nSPS) is 16.6. The van der Waals surface area contributed by atoms with Gasteiger partial charge in [0.2, 0.25) is 5.91 Å². The van der Waals surface area contributed by atoms with Crippen molar-refractivity contribution in [1.82, 2.24) is 4.90 Å². The zero-order chi connectivity index (χ0) is 26.7. The van der Waals surface area contributed by atoms with Gasteiger partial charge >= 0.3 is 0 Å². The van der Waals surface area contributed by atoms with E-state index in [0.717, 1.165) is 10.5 Å². The second kappa shape index (κ2) is 11.0. The van der Waals surface area contributed by atoms with Crippen molar-refractivity contribution in [2.24, 2.45) is 0 Å². The number of benzene rings is 3. The molecule has 9 heteroatoms. The molecule has 4 rings (SSSR count). The minimum atomic E-state index is -0.731. The molecule has 0 spiro atoms. The van der Waals surface area contributed by atoms with Gasteiger partial charge in [0, 0.05) is 29.3 Å². The average molecular weight is 523 g/mol. The first kappa shape index (κ1) is 26.2. The Morgan fingerprint density at radius 1 is 0.838 bits per heavy atom. The third kappa shape index (κ3) is 4.91. The topological polar surface area (TPSA) is 86.3 Å². The van der Waals surface area contributed by atoms with Crippen LogP contribution in [0.5, 0.6) is 23.0 Å². The fourth-order valence-electron chi connectivity index (χ4n) is 4.68. The van der Waals surface area contributed by atoms with Crippen LogP contribution in [0, 0.1) is 0 Å². The molecule has 37 heavy (non-hydrogen) atoms. The molecule has 1 aliphatic rings. The molecule has 0 fully saturated rings. The smallest absolute Gasteiger partial charge is 0.254 e. The van der Waals surface area contributed by atoms with Gasteiger partial charge < -0.3 is 29.2 Å². The van der Waals surface area contributed by atoms with Crippen LogP contribution in [0.1, 0.15) is 33.4 Å². The fourth-order valence-corrected chi connectivity index (χ4v) is 5.09. The van der Waals surface area contributed by atoms with E-state index in [2.05, 4.69) is 5.32 Å². The number of nitrogens with zero attached hydrogens (tertiary/aromatic N) is 1. The summed E-state index contributed by atoms with van der Waals surface area (Å²) in [5, 5.41) is 3.01. The molecule has 0 bridgehead atoms. The Balaban J connectivity index is 1.85. The summed E-state index contributed by atoms with van der Waals surface area (Å²) in [7, 11) is 7.84. The minimum Gasteiger partial charge on any atom is -0.493 e. The number of amides is 2. The Hall–Kier alpha value is -3.85. The highest BCUT2D eigenvalue weighted by atomic mass is 32.2. The molecule has 1 N–H and O–H groups in total. The zero-order valence-electron chi connectivity index (χ0n) is 21.7. The monoisotopic (exact) mass is 522 g/mol. The summed E-state index contributed by atoms with van der Waals surface area (Å²) in [5.74, 6) is 0.697. The van der Waals surface area contributed by atoms with Crippen LogP contribution in [0.25, 0.3) is 0 Å². The first-order chi connectivity index (χ1) is 17.9. The number of hydrogen-bond acceptors (Lipinski definition) is 7. The number of rotatable bonds is 8. The Bertz CT molecular complexity index is 1310. The van der Waals surface area contributed by atoms with Crippen LogP contribution in [0.3, 0.4) is 0 Å². The number of fused-ring (bicyclic) bond motifs is 1. The van der Waals surface area contributed by atoms with Crippen LogP contribution in [0.2, 0.25) is 0 Å². The van der Waals surface area contributed by atoms with Gasteiger partial charge in [-0.1, -0.05) is 12.1 Å². The van der Waals surface area contributed by atoms with Crippen LogP contribution < -0.4 is 24.3 Å². The van der Waals surface area contributed by atoms with E-state index in [1.807, 2.05) is 30.5 Å². The molecule has 2 atom stereocenters. The van der Waals surface area contributed by atoms with Crippen molar-refractivity contribution in [2.45, 2.75) is 16.9 Å². The molecule has 8 nitrogen and oxygen atoms in total. The maximum atomic E-state index is 14.0. The first-order valence-electron chi connectivity index (χ1n) is 11.6. The van der Waals surface area contributed by atoms with Crippen LogP contribution in [-0.4, -0.2) is 58.5 Å². The number of likely N-dealkylation sites (N-methyl/N-ethyl adjacent to an activating group) is 1. The maximum Gasteiger partial charge on any atom is 0.254 e. The number of hydrogen-bond donors (Lipinski definition) is 1. The summed E-state index contributed by atoms with van der Waals surface area (Å²) in [4.78, 5) is 30.2. The summed E-state index contributed by atoms with van der Waals surface area (Å²) in [6, 6.07) is 15.9. The SMILES string of the molecule is COc1ccc(NC(=O)[C@@H]2c3cc(OC)c(OC)cc3C(=O)N(C)[C@H]2c2ccc(SC)cc2)cc1OC. The highest BCUT2D eigenvalue weighted by Crippen LogP contribution is 2.46.